The van der Waals surface area contributed by atoms with Crippen molar-refractivity contribution in [2.45, 2.75) is 129 Å². The lowest BCUT2D eigenvalue weighted by Gasteiger charge is -2.47. The zero-order chi connectivity index (χ0) is 31.0. The Labute approximate surface area is 267 Å². The second kappa shape index (κ2) is 12.8. The maximum absolute atomic E-state index is 8.06. The molecule has 1 heterocycles. The van der Waals surface area contributed by atoms with Gasteiger partial charge in [0.25, 0.3) is 0 Å². The fraction of sp³-hybridized carbons (Fsp3) is 0.625. The zero-order valence-corrected chi connectivity index (χ0v) is 27.9. The van der Waals surface area contributed by atoms with Crippen molar-refractivity contribution in [3.63, 3.8) is 0 Å². The van der Waals surface area contributed by atoms with Crippen molar-refractivity contribution in [3.05, 3.63) is 83.7 Å². The molecule has 0 amide bonds. The third-order valence-corrected chi connectivity index (χ3v) is 12.3. The number of ether oxygens (including phenoxy) is 1. The average Bonchev–Trinajstić information content (AvgIpc) is 3.29. The average molecular weight is 596 g/mol. The third-order valence-electron chi connectivity index (χ3n) is 12.3. The molecule has 0 aromatic carbocycles. The van der Waals surface area contributed by atoms with E-state index in [-0.39, 0.29) is 34.6 Å². The molecule has 1 saturated heterocycles. The monoisotopic (exact) mass is 595 g/mol. The molecule has 0 bridgehead atoms. The number of allylic oxidation sites excluding steroid dienone is 7. The highest BCUT2D eigenvalue weighted by atomic mass is 16.5. The Kier molecular flexibility index (Phi) is 9.15. The molecule has 6 rings (SSSR count). The van der Waals surface area contributed by atoms with Crippen molar-refractivity contribution in [2.24, 2.45) is 28.6 Å². The Hall–Kier alpha value is -2.43. The smallest absolute Gasteiger partial charge is 0.0815 e. The van der Waals surface area contributed by atoms with Crippen LogP contribution in [0.25, 0.3) is 0 Å². The Balaban J connectivity index is 1.25. The molecule has 0 aromatic rings. The molecule has 6 aliphatic rings. The predicted molar refractivity (Wildman–Crippen MR) is 185 cm³/mol. The van der Waals surface area contributed by atoms with Crippen molar-refractivity contribution in [1.29, 1.82) is 5.41 Å². The van der Waals surface area contributed by atoms with Gasteiger partial charge in [0.15, 0.2) is 0 Å². The van der Waals surface area contributed by atoms with Gasteiger partial charge in [-0.05, 0) is 112 Å². The van der Waals surface area contributed by atoms with Crippen LogP contribution >= 0.6 is 0 Å². The topological polar surface area (TPSA) is 57.1 Å². The molecule has 1 aliphatic heterocycles. The van der Waals surface area contributed by atoms with E-state index in [1.165, 1.54) is 24.8 Å². The lowest BCUT2D eigenvalue weighted by molar-refractivity contribution is -0.0439. The largest absolute Gasteiger partial charge is 0.387 e. The van der Waals surface area contributed by atoms with Crippen molar-refractivity contribution in [3.8, 4) is 0 Å². The van der Waals surface area contributed by atoms with Crippen LogP contribution < -0.4 is 10.6 Å². The zero-order valence-electron chi connectivity index (χ0n) is 27.9. The summed E-state index contributed by atoms with van der Waals surface area (Å²) in [6.45, 7) is 12.1. The summed E-state index contributed by atoms with van der Waals surface area (Å²) in [5.74, 6) is 1.86. The molecule has 44 heavy (non-hydrogen) atoms. The van der Waals surface area contributed by atoms with Crippen LogP contribution in [0.15, 0.2) is 83.7 Å². The van der Waals surface area contributed by atoms with Gasteiger partial charge in [0.05, 0.1) is 12.2 Å². The van der Waals surface area contributed by atoms with Gasteiger partial charge < -0.3 is 20.8 Å². The molecular formula is C40H57N3O. The maximum Gasteiger partial charge on any atom is 0.0815 e. The fourth-order valence-electron chi connectivity index (χ4n) is 9.45. The molecule has 0 spiro atoms. The highest BCUT2D eigenvalue weighted by Gasteiger charge is 2.58. The molecule has 1 saturated carbocycles. The van der Waals surface area contributed by atoms with E-state index in [2.05, 4.69) is 112 Å². The summed E-state index contributed by atoms with van der Waals surface area (Å²) in [5.41, 5.74) is 4.26. The molecule has 0 aromatic heterocycles. The summed E-state index contributed by atoms with van der Waals surface area (Å²) < 4.78 is 6.95. The first-order valence-electron chi connectivity index (χ1n) is 17.6. The normalized spacial score (nSPS) is 41.3. The number of rotatable bonds is 9. The molecule has 4 heteroatoms. The van der Waals surface area contributed by atoms with Gasteiger partial charge in [-0.25, -0.2) is 0 Å². The predicted octanol–water partition coefficient (Wildman–Crippen LogP) is 8.91. The summed E-state index contributed by atoms with van der Waals surface area (Å²) in [7, 11) is 0. The molecule has 10 unspecified atom stereocenters. The van der Waals surface area contributed by atoms with Gasteiger partial charge in [-0.3, -0.25) is 0 Å². The Morgan fingerprint density at radius 3 is 2.68 bits per heavy atom. The van der Waals surface area contributed by atoms with Crippen LogP contribution in [0.3, 0.4) is 0 Å². The van der Waals surface area contributed by atoms with Gasteiger partial charge in [-0.2, -0.15) is 0 Å². The fourth-order valence-corrected chi connectivity index (χ4v) is 9.45. The maximum atomic E-state index is 8.06. The van der Waals surface area contributed by atoms with Crippen molar-refractivity contribution < 1.29 is 4.74 Å². The van der Waals surface area contributed by atoms with Crippen molar-refractivity contribution in [2.75, 3.05) is 0 Å². The molecule has 4 nitrogen and oxygen atoms in total. The minimum absolute atomic E-state index is 0.110. The first-order chi connectivity index (χ1) is 21.2. The summed E-state index contributed by atoms with van der Waals surface area (Å²) in [4.78, 5) is 0. The Morgan fingerprint density at radius 1 is 1.07 bits per heavy atom. The highest BCUT2D eigenvalue weighted by molar-refractivity contribution is 5.56. The Morgan fingerprint density at radius 2 is 1.93 bits per heavy atom. The van der Waals surface area contributed by atoms with E-state index in [1.54, 1.807) is 17.4 Å². The number of hydrogen-bond acceptors (Lipinski definition) is 4. The first kappa shape index (κ1) is 31.5. The van der Waals surface area contributed by atoms with Gasteiger partial charge in [-0.1, -0.05) is 88.0 Å². The van der Waals surface area contributed by atoms with Gasteiger partial charge in [0, 0.05) is 34.9 Å². The molecular weight excluding hydrogens is 538 g/mol. The summed E-state index contributed by atoms with van der Waals surface area (Å²) in [6.07, 6.45) is 38.9. The molecule has 10 atom stereocenters. The molecule has 3 N–H and O–H groups in total. The number of hydrogen-bond donors (Lipinski definition) is 3. The molecule has 238 valence electrons. The standard InChI is InChI=1S/C40H57N3O/c1-28-24-29(2)40(5)33-27-39(4,31-16-10-7-11-17-31)36(26-35(33)44-37(40)25-28)42-23-21-38(3,20-22-41)43-34-19-13-12-18-32(34)30-14-8-6-9-15-30/h6,8,10,13-14,16-17,19,21-23,27-29,32,34-37,41-43H,7,9,11-12,15,18,20,24-26H2,1-5H3/b23-21+,41-22?. The lowest BCUT2D eigenvalue weighted by atomic mass is 9.57. The quantitative estimate of drug-likeness (QED) is 0.184. The van der Waals surface area contributed by atoms with Crippen molar-refractivity contribution >= 4 is 6.21 Å². The van der Waals surface area contributed by atoms with Crippen LogP contribution in [0.1, 0.15) is 98.8 Å². The van der Waals surface area contributed by atoms with E-state index in [9.17, 15) is 0 Å². The molecule has 2 fully saturated rings. The van der Waals surface area contributed by atoms with Crippen LogP contribution in [-0.4, -0.2) is 36.0 Å². The first-order valence-corrected chi connectivity index (χ1v) is 17.6. The van der Waals surface area contributed by atoms with E-state index in [4.69, 9.17) is 10.1 Å². The second-order valence-corrected chi connectivity index (χ2v) is 15.5. The minimum atomic E-state index is -0.321. The SMILES string of the molecule is CC1CC(C)C2(C)C3=CC(C)(C4=CCCC=C4)C(N/C=C/C(C)(CC=N)NC4C=CCCC4C4=CC=CCC4)CC3OC2C1. The van der Waals surface area contributed by atoms with Crippen LogP contribution in [0, 0.1) is 34.0 Å². The highest BCUT2D eigenvalue weighted by Crippen LogP contribution is 2.59. The van der Waals surface area contributed by atoms with Gasteiger partial charge in [-0.15, -0.1) is 0 Å². The molecule has 0 radical (unpaired) electrons. The third kappa shape index (κ3) is 5.94. The van der Waals surface area contributed by atoms with E-state index in [0.717, 1.165) is 44.4 Å². The van der Waals surface area contributed by atoms with E-state index >= 15 is 0 Å². The minimum Gasteiger partial charge on any atom is -0.387 e. The lowest BCUT2D eigenvalue weighted by Crippen LogP contribution is -2.51. The van der Waals surface area contributed by atoms with E-state index in [1.807, 2.05) is 0 Å². The second-order valence-electron chi connectivity index (χ2n) is 15.5. The summed E-state index contributed by atoms with van der Waals surface area (Å²) >= 11 is 0. The van der Waals surface area contributed by atoms with Crippen LogP contribution in [0.4, 0.5) is 0 Å². The van der Waals surface area contributed by atoms with E-state index in [0.29, 0.717) is 24.4 Å². The van der Waals surface area contributed by atoms with Gasteiger partial charge in [0.2, 0.25) is 0 Å². The van der Waals surface area contributed by atoms with Crippen LogP contribution in [0.5, 0.6) is 0 Å². The number of nitrogens with one attached hydrogen (secondary N) is 3. The van der Waals surface area contributed by atoms with Gasteiger partial charge in [0.1, 0.15) is 0 Å². The van der Waals surface area contributed by atoms with Crippen LogP contribution in [0.2, 0.25) is 0 Å². The Bertz CT molecular complexity index is 1300. The van der Waals surface area contributed by atoms with Crippen LogP contribution in [-0.2, 0) is 4.74 Å². The van der Waals surface area contributed by atoms with Gasteiger partial charge >= 0.3 is 0 Å². The number of fused-ring (bicyclic) bond motifs is 3. The van der Waals surface area contributed by atoms with E-state index < -0.39 is 0 Å². The van der Waals surface area contributed by atoms with Crippen molar-refractivity contribution in [1.82, 2.24) is 10.6 Å². The summed E-state index contributed by atoms with van der Waals surface area (Å²) in [5, 5.41) is 16.0. The molecule has 5 aliphatic carbocycles. The summed E-state index contributed by atoms with van der Waals surface area (Å²) in [6, 6.07) is 0.503.